The van der Waals surface area contributed by atoms with Gasteiger partial charge in [-0.1, -0.05) is 42.5 Å². The van der Waals surface area contributed by atoms with Gasteiger partial charge in [0.25, 0.3) is 5.91 Å². The molecule has 4 nitrogen and oxygen atoms in total. The van der Waals surface area contributed by atoms with Crippen molar-refractivity contribution in [2.24, 2.45) is 0 Å². The van der Waals surface area contributed by atoms with E-state index in [-0.39, 0.29) is 17.4 Å². The number of hydrogen-bond donors (Lipinski definition) is 2. The summed E-state index contributed by atoms with van der Waals surface area (Å²) < 4.78 is 0. The van der Waals surface area contributed by atoms with Gasteiger partial charge in [0.15, 0.2) is 0 Å². The summed E-state index contributed by atoms with van der Waals surface area (Å²) in [5.41, 5.74) is 1.67. The molecule has 22 heavy (non-hydrogen) atoms. The van der Waals surface area contributed by atoms with Gasteiger partial charge in [-0.05, 0) is 36.3 Å². The minimum absolute atomic E-state index is 0.0217. The van der Waals surface area contributed by atoms with Crippen LogP contribution in [-0.2, 0) is 4.79 Å². The first-order valence-corrected chi connectivity index (χ1v) is 6.87. The van der Waals surface area contributed by atoms with Crippen LogP contribution in [0.5, 0.6) is 5.75 Å². The van der Waals surface area contributed by atoms with Gasteiger partial charge in [-0.25, -0.2) is 0 Å². The van der Waals surface area contributed by atoms with E-state index >= 15 is 0 Å². The summed E-state index contributed by atoms with van der Waals surface area (Å²) in [5.74, 6) is -0.287. The standard InChI is InChI=1S/C18H16N2O2/c1-13(15-5-3-2-4-6-15)20-18(22)16(12-19)11-14-7-9-17(21)10-8-14/h2-11,13,21H,1H3,(H,20,22)/b16-11-/t13-/m1/s1. The third kappa shape index (κ3) is 3.97. The minimum Gasteiger partial charge on any atom is -0.508 e. The predicted octanol–water partition coefficient (Wildman–Crippen LogP) is 3.18. The Morgan fingerprint density at radius 2 is 1.82 bits per heavy atom. The molecular formula is C18H16N2O2. The van der Waals surface area contributed by atoms with Crippen LogP contribution in [0.25, 0.3) is 6.08 Å². The first-order chi connectivity index (χ1) is 10.6. The number of amides is 1. The SMILES string of the molecule is C[C@@H](NC(=O)/C(C#N)=C\c1ccc(O)cc1)c1ccccc1. The molecule has 0 bridgehead atoms. The Labute approximate surface area is 129 Å². The highest BCUT2D eigenvalue weighted by atomic mass is 16.3. The molecule has 0 aliphatic rings. The van der Waals surface area contributed by atoms with Crippen LogP contribution in [0, 0.1) is 11.3 Å². The number of rotatable bonds is 4. The maximum atomic E-state index is 12.2. The highest BCUT2D eigenvalue weighted by Gasteiger charge is 2.13. The van der Waals surface area contributed by atoms with Gasteiger partial charge in [-0.15, -0.1) is 0 Å². The summed E-state index contributed by atoms with van der Waals surface area (Å²) in [7, 11) is 0. The monoisotopic (exact) mass is 292 g/mol. The van der Waals surface area contributed by atoms with Crippen LogP contribution in [0.15, 0.2) is 60.2 Å². The van der Waals surface area contributed by atoms with E-state index in [2.05, 4.69) is 5.32 Å². The van der Waals surface area contributed by atoms with Crippen molar-refractivity contribution in [2.75, 3.05) is 0 Å². The molecule has 4 heteroatoms. The van der Waals surface area contributed by atoms with Gasteiger partial charge in [-0.3, -0.25) is 4.79 Å². The number of carbonyl (C=O) groups is 1. The molecule has 0 fully saturated rings. The molecule has 2 aromatic rings. The van der Waals surface area contributed by atoms with Crippen molar-refractivity contribution in [3.8, 4) is 11.8 Å². The lowest BCUT2D eigenvalue weighted by molar-refractivity contribution is -0.117. The van der Waals surface area contributed by atoms with E-state index in [0.29, 0.717) is 5.56 Å². The summed E-state index contributed by atoms with van der Waals surface area (Å²) in [6.07, 6.45) is 1.49. The van der Waals surface area contributed by atoms with Crippen molar-refractivity contribution in [1.82, 2.24) is 5.32 Å². The number of carbonyl (C=O) groups excluding carboxylic acids is 1. The Hall–Kier alpha value is -3.06. The van der Waals surface area contributed by atoms with Gasteiger partial charge in [0.2, 0.25) is 0 Å². The summed E-state index contributed by atoms with van der Waals surface area (Å²) in [5, 5.41) is 21.2. The fraction of sp³-hybridized carbons (Fsp3) is 0.111. The Balaban J connectivity index is 2.12. The van der Waals surface area contributed by atoms with E-state index in [9.17, 15) is 9.90 Å². The van der Waals surface area contributed by atoms with Gasteiger partial charge >= 0.3 is 0 Å². The molecule has 0 unspecified atom stereocenters. The van der Waals surface area contributed by atoms with E-state index in [1.54, 1.807) is 12.1 Å². The summed E-state index contributed by atoms with van der Waals surface area (Å²) in [6, 6.07) is 17.5. The molecule has 0 saturated carbocycles. The highest BCUT2D eigenvalue weighted by molar-refractivity contribution is 6.01. The maximum Gasteiger partial charge on any atom is 0.262 e. The first-order valence-electron chi connectivity index (χ1n) is 6.87. The van der Waals surface area contributed by atoms with E-state index in [1.165, 1.54) is 18.2 Å². The lowest BCUT2D eigenvalue weighted by Gasteiger charge is -2.13. The zero-order valence-corrected chi connectivity index (χ0v) is 12.2. The molecule has 2 aromatic carbocycles. The largest absolute Gasteiger partial charge is 0.508 e. The lowest BCUT2D eigenvalue weighted by Crippen LogP contribution is -2.27. The van der Waals surface area contributed by atoms with Crippen LogP contribution in [0.4, 0.5) is 0 Å². The molecule has 1 amide bonds. The second kappa shape index (κ2) is 7.09. The number of benzene rings is 2. The van der Waals surface area contributed by atoms with Gasteiger partial charge < -0.3 is 10.4 Å². The number of hydrogen-bond acceptors (Lipinski definition) is 3. The molecule has 0 aliphatic carbocycles. The molecule has 0 saturated heterocycles. The molecule has 0 aliphatic heterocycles. The fourth-order valence-corrected chi connectivity index (χ4v) is 1.99. The molecule has 0 aromatic heterocycles. The van der Waals surface area contributed by atoms with Crippen LogP contribution >= 0.6 is 0 Å². The number of nitrogens with zero attached hydrogens (tertiary/aromatic N) is 1. The molecular weight excluding hydrogens is 276 g/mol. The average molecular weight is 292 g/mol. The second-order valence-electron chi connectivity index (χ2n) is 4.87. The molecule has 0 spiro atoms. The zero-order valence-electron chi connectivity index (χ0n) is 12.2. The van der Waals surface area contributed by atoms with Crippen LogP contribution in [0.3, 0.4) is 0 Å². The van der Waals surface area contributed by atoms with Crippen molar-refractivity contribution in [2.45, 2.75) is 13.0 Å². The quantitative estimate of drug-likeness (QED) is 0.671. The maximum absolute atomic E-state index is 12.2. The Morgan fingerprint density at radius 3 is 2.41 bits per heavy atom. The number of phenolic OH excluding ortho intramolecular Hbond substituents is 1. The fourth-order valence-electron chi connectivity index (χ4n) is 1.99. The molecule has 0 heterocycles. The molecule has 1 atom stereocenters. The Morgan fingerprint density at radius 1 is 1.18 bits per heavy atom. The molecule has 2 rings (SSSR count). The van der Waals surface area contributed by atoms with Crippen molar-refractivity contribution < 1.29 is 9.90 Å². The van der Waals surface area contributed by atoms with Crippen molar-refractivity contribution in [3.63, 3.8) is 0 Å². The smallest absolute Gasteiger partial charge is 0.262 e. The Bertz CT molecular complexity index is 713. The van der Waals surface area contributed by atoms with Crippen molar-refractivity contribution in [3.05, 3.63) is 71.3 Å². The number of nitrogens with one attached hydrogen (secondary N) is 1. The van der Waals surface area contributed by atoms with Crippen molar-refractivity contribution >= 4 is 12.0 Å². The number of phenols is 1. The van der Waals surface area contributed by atoms with Crippen LogP contribution < -0.4 is 5.32 Å². The summed E-state index contributed by atoms with van der Waals surface area (Å²) in [6.45, 7) is 1.86. The summed E-state index contributed by atoms with van der Waals surface area (Å²) in [4.78, 5) is 12.2. The van der Waals surface area contributed by atoms with Crippen LogP contribution in [-0.4, -0.2) is 11.0 Å². The van der Waals surface area contributed by atoms with Crippen LogP contribution in [0.2, 0.25) is 0 Å². The van der Waals surface area contributed by atoms with Crippen molar-refractivity contribution in [1.29, 1.82) is 5.26 Å². The first kappa shape index (κ1) is 15.3. The number of nitriles is 1. The Kier molecular flexibility index (Phi) is 4.94. The molecule has 0 radical (unpaired) electrons. The van der Waals surface area contributed by atoms with E-state index in [1.807, 2.05) is 43.3 Å². The lowest BCUT2D eigenvalue weighted by atomic mass is 10.1. The summed E-state index contributed by atoms with van der Waals surface area (Å²) >= 11 is 0. The van der Waals surface area contributed by atoms with Gasteiger partial charge in [0, 0.05) is 0 Å². The topological polar surface area (TPSA) is 73.1 Å². The van der Waals surface area contributed by atoms with Gasteiger partial charge in [-0.2, -0.15) is 5.26 Å². The van der Waals surface area contributed by atoms with Crippen LogP contribution in [0.1, 0.15) is 24.1 Å². The number of aromatic hydroxyl groups is 1. The average Bonchev–Trinajstić information content (AvgIpc) is 2.55. The van der Waals surface area contributed by atoms with E-state index in [0.717, 1.165) is 5.56 Å². The van der Waals surface area contributed by atoms with Gasteiger partial charge in [0.05, 0.1) is 6.04 Å². The minimum atomic E-state index is -0.424. The van der Waals surface area contributed by atoms with Gasteiger partial charge in [0.1, 0.15) is 17.4 Å². The van der Waals surface area contributed by atoms with E-state index < -0.39 is 5.91 Å². The predicted molar refractivity (Wildman–Crippen MR) is 84.7 cm³/mol. The normalized spacial score (nSPS) is 12.3. The zero-order chi connectivity index (χ0) is 15.9. The third-order valence-electron chi connectivity index (χ3n) is 3.22. The van der Waals surface area contributed by atoms with E-state index in [4.69, 9.17) is 5.26 Å². The third-order valence-corrected chi connectivity index (χ3v) is 3.22. The second-order valence-corrected chi connectivity index (χ2v) is 4.87. The molecule has 2 N–H and O–H groups in total. The molecule has 110 valence electrons. The highest BCUT2D eigenvalue weighted by Crippen LogP contribution is 2.15.